The molecule has 1 aromatic carbocycles. The van der Waals surface area contributed by atoms with Crippen molar-refractivity contribution in [3.63, 3.8) is 0 Å². The van der Waals surface area contributed by atoms with Gasteiger partial charge in [-0.3, -0.25) is 9.69 Å². The van der Waals surface area contributed by atoms with E-state index in [1.165, 1.54) is 6.42 Å². The van der Waals surface area contributed by atoms with Gasteiger partial charge in [0.25, 0.3) is 0 Å². The maximum absolute atomic E-state index is 12.4. The maximum atomic E-state index is 12.4. The molecule has 1 aliphatic carbocycles. The highest BCUT2D eigenvalue weighted by Gasteiger charge is 2.43. The third-order valence-corrected chi connectivity index (χ3v) is 5.88. The topological polar surface area (TPSA) is 109 Å². The zero-order valence-electron chi connectivity index (χ0n) is 15.4. The van der Waals surface area contributed by atoms with Crippen LogP contribution in [0.4, 0.5) is 5.69 Å². The molecule has 0 radical (unpaired) electrons. The summed E-state index contributed by atoms with van der Waals surface area (Å²) in [6.45, 7) is 4.45. The quantitative estimate of drug-likeness (QED) is 0.713. The van der Waals surface area contributed by atoms with Crippen LogP contribution in [0.3, 0.4) is 0 Å². The minimum atomic E-state index is -0.590. The van der Waals surface area contributed by atoms with Gasteiger partial charge in [-0.05, 0) is 62.8 Å². The molecule has 3 aliphatic rings. The van der Waals surface area contributed by atoms with Crippen molar-refractivity contribution in [2.45, 2.75) is 63.6 Å². The van der Waals surface area contributed by atoms with E-state index >= 15 is 0 Å². The van der Waals surface area contributed by atoms with Crippen molar-refractivity contribution in [3.8, 4) is 0 Å². The molecule has 0 unspecified atom stereocenters. The summed E-state index contributed by atoms with van der Waals surface area (Å²) in [5, 5.41) is 2.96. The minimum Gasteiger partial charge on any atom is -0.369 e. The number of nitrogens with two attached hydrogens (primary N) is 2. The summed E-state index contributed by atoms with van der Waals surface area (Å²) < 4.78 is 0. The van der Waals surface area contributed by atoms with E-state index in [2.05, 4.69) is 22.4 Å². The molecule has 7 heteroatoms. The molecule has 1 spiro atoms. The molecule has 1 amide bonds. The van der Waals surface area contributed by atoms with Crippen molar-refractivity contribution in [2.75, 3.05) is 4.90 Å². The van der Waals surface area contributed by atoms with Crippen LogP contribution in [0.2, 0.25) is 0 Å². The molecule has 1 fully saturated rings. The van der Waals surface area contributed by atoms with Gasteiger partial charge < -0.3 is 16.8 Å². The lowest BCUT2D eigenvalue weighted by Crippen LogP contribution is -2.58. The number of anilines is 1. The molecule has 2 aliphatic heterocycles. The van der Waals surface area contributed by atoms with Crippen molar-refractivity contribution in [3.05, 3.63) is 29.3 Å². The Kier molecular flexibility index (Phi) is 3.71. The van der Waals surface area contributed by atoms with Crippen LogP contribution in [0.25, 0.3) is 0 Å². The smallest absolute Gasteiger partial charge is 0.230 e. The second kappa shape index (κ2) is 5.72. The van der Waals surface area contributed by atoms with Gasteiger partial charge in [0.05, 0.1) is 5.41 Å². The minimum absolute atomic E-state index is 0.0390. The Morgan fingerprint density at radius 2 is 1.88 bits per heavy atom. The second-order valence-electron chi connectivity index (χ2n) is 7.97. The number of carbonyl (C=O) groups excluding carboxylic acids is 1. The van der Waals surface area contributed by atoms with Crippen molar-refractivity contribution in [1.29, 1.82) is 0 Å². The standard InChI is InChI=1S/C19H26N6O/c1-18(2)14-10-13(7-6-12(14)11-22-15(18)26)25-17(21)23-16(20)24-19(25)8-4-3-5-9-19/h6-7,10H,3-5,8-9,11H2,1-2H3,(H,22,26)(H4,20,21,23,24). The van der Waals surface area contributed by atoms with Crippen LogP contribution in [0.5, 0.6) is 0 Å². The fourth-order valence-corrected chi connectivity index (χ4v) is 4.45. The average molecular weight is 354 g/mol. The number of hydrogen-bond acceptors (Lipinski definition) is 6. The first-order chi connectivity index (χ1) is 12.3. The fraction of sp³-hybridized carbons (Fsp3) is 0.526. The molecule has 7 nitrogen and oxygen atoms in total. The zero-order chi connectivity index (χ0) is 18.5. The Balaban J connectivity index is 1.83. The van der Waals surface area contributed by atoms with Crippen LogP contribution >= 0.6 is 0 Å². The van der Waals surface area contributed by atoms with Crippen LogP contribution in [0, 0.1) is 0 Å². The highest BCUT2D eigenvalue weighted by atomic mass is 16.2. The first-order valence-corrected chi connectivity index (χ1v) is 9.25. The summed E-state index contributed by atoms with van der Waals surface area (Å²) in [4.78, 5) is 23.3. The molecule has 26 heavy (non-hydrogen) atoms. The van der Waals surface area contributed by atoms with Gasteiger partial charge in [0.1, 0.15) is 5.66 Å². The Morgan fingerprint density at radius 3 is 2.62 bits per heavy atom. The third kappa shape index (κ3) is 2.45. The maximum Gasteiger partial charge on any atom is 0.230 e. The van der Waals surface area contributed by atoms with E-state index in [0.29, 0.717) is 12.5 Å². The monoisotopic (exact) mass is 354 g/mol. The molecule has 1 saturated carbocycles. The zero-order valence-corrected chi connectivity index (χ0v) is 15.4. The van der Waals surface area contributed by atoms with Crippen molar-refractivity contribution >= 4 is 23.5 Å². The van der Waals surface area contributed by atoms with Gasteiger partial charge in [-0.15, -0.1) is 0 Å². The van der Waals surface area contributed by atoms with E-state index in [4.69, 9.17) is 16.5 Å². The van der Waals surface area contributed by atoms with Gasteiger partial charge in [-0.25, -0.2) is 4.99 Å². The number of hydrogen-bond donors (Lipinski definition) is 3. The summed E-state index contributed by atoms with van der Waals surface area (Å²) in [6.07, 6.45) is 5.15. The second-order valence-corrected chi connectivity index (χ2v) is 7.97. The molecule has 1 aromatic rings. The van der Waals surface area contributed by atoms with Crippen LogP contribution < -0.4 is 21.7 Å². The molecular formula is C19H26N6O. The number of nitrogens with zero attached hydrogens (tertiary/aromatic N) is 3. The van der Waals surface area contributed by atoms with E-state index in [-0.39, 0.29) is 11.9 Å². The normalized spacial score (nSPS) is 23.8. The molecular weight excluding hydrogens is 328 g/mol. The molecule has 4 rings (SSSR count). The lowest BCUT2D eigenvalue weighted by Gasteiger charge is -2.46. The van der Waals surface area contributed by atoms with Crippen molar-refractivity contribution in [1.82, 2.24) is 5.32 Å². The first kappa shape index (κ1) is 16.9. The number of amides is 1. The van der Waals surface area contributed by atoms with Crippen molar-refractivity contribution in [2.24, 2.45) is 21.5 Å². The molecule has 5 N–H and O–H groups in total. The van der Waals surface area contributed by atoms with E-state index in [0.717, 1.165) is 42.5 Å². The number of nitrogens with one attached hydrogen (secondary N) is 1. The number of benzene rings is 1. The van der Waals surface area contributed by atoms with E-state index in [1.54, 1.807) is 0 Å². The number of rotatable bonds is 1. The largest absolute Gasteiger partial charge is 0.369 e. The summed E-state index contributed by atoms with van der Waals surface area (Å²) in [6, 6.07) is 6.18. The average Bonchev–Trinajstić information content (AvgIpc) is 2.59. The fourth-order valence-electron chi connectivity index (χ4n) is 4.45. The molecule has 0 bridgehead atoms. The SMILES string of the molecule is CC1(C)C(=O)NCc2ccc(N3C(N)=NC(N)=NC34CCCCC4)cc21. The lowest BCUT2D eigenvalue weighted by atomic mass is 9.78. The molecule has 0 saturated heterocycles. The summed E-state index contributed by atoms with van der Waals surface area (Å²) in [7, 11) is 0. The van der Waals surface area contributed by atoms with Crippen LogP contribution in [-0.4, -0.2) is 23.5 Å². The van der Waals surface area contributed by atoms with Gasteiger partial charge in [0, 0.05) is 12.2 Å². The Bertz CT molecular complexity index is 819. The van der Waals surface area contributed by atoms with E-state index in [9.17, 15) is 4.79 Å². The summed E-state index contributed by atoms with van der Waals surface area (Å²) in [5.74, 6) is 0.660. The molecule has 2 heterocycles. The lowest BCUT2D eigenvalue weighted by molar-refractivity contribution is -0.126. The Hall–Kier alpha value is -2.57. The van der Waals surface area contributed by atoms with Crippen molar-refractivity contribution < 1.29 is 4.79 Å². The highest BCUT2D eigenvalue weighted by Crippen LogP contribution is 2.41. The number of fused-ring (bicyclic) bond motifs is 1. The van der Waals surface area contributed by atoms with E-state index < -0.39 is 11.1 Å². The number of aliphatic imine (C=N–C) groups is 2. The summed E-state index contributed by atoms with van der Waals surface area (Å²) in [5.41, 5.74) is 14.3. The molecule has 138 valence electrons. The van der Waals surface area contributed by atoms with E-state index in [1.807, 2.05) is 24.8 Å². The highest BCUT2D eigenvalue weighted by molar-refractivity contribution is 6.05. The van der Waals surface area contributed by atoms with Gasteiger partial charge in [-0.2, -0.15) is 4.99 Å². The van der Waals surface area contributed by atoms with Crippen LogP contribution in [0.1, 0.15) is 57.1 Å². The molecule has 0 aromatic heterocycles. The Morgan fingerprint density at radius 1 is 1.15 bits per heavy atom. The molecule has 0 atom stereocenters. The van der Waals surface area contributed by atoms with Gasteiger partial charge in [-0.1, -0.05) is 12.5 Å². The van der Waals surface area contributed by atoms with Gasteiger partial charge in [0.2, 0.25) is 17.8 Å². The predicted molar refractivity (Wildman–Crippen MR) is 103 cm³/mol. The van der Waals surface area contributed by atoms with Gasteiger partial charge >= 0.3 is 0 Å². The van der Waals surface area contributed by atoms with Crippen LogP contribution in [-0.2, 0) is 16.8 Å². The number of guanidine groups is 2. The number of carbonyl (C=O) groups is 1. The summed E-state index contributed by atoms with van der Waals surface area (Å²) >= 11 is 0. The predicted octanol–water partition coefficient (Wildman–Crippen LogP) is 1.70. The Labute approximate surface area is 153 Å². The first-order valence-electron chi connectivity index (χ1n) is 9.25. The van der Waals surface area contributed by atoms with Crippen LogP contribution in [0.15, 0.2) is 28.2 Å². The third-order valence-electron chi connectivity index (χ3n) is 5.88. The van der Waals surface area contributed by atoms with Gasteiger partial charge in [0.15, 0.2) is 0 Å².